The first-order valence-electron chi connectivity index (χ1n) is 10.0. The summed E-state index contributed by atoms with van der Waals surface area (Å²) in [6, 6.07) is 10.8. The van der Waals surface area contributed by atoms with Crippen molar-refractivity contribution < 1.29 is 25.6 Å². The van der Waals surface area contributed by atoms with Crippen molar-refractivity contribution in [3.05, 3.63) is 71.3 Å². The molecule has 0 aromatic heterocycles. The third-order valence-corrected chi connectivity index (χ3v) is 9.15. The molecular formula is C21H28F2N2O4S2. The van der Waals surface area contributed by atoms with E-state index < -0.39 is 36.8 Å². The van der Waals surface area contributed by atoms with Gasteiger partial charge in [-0.05, 0) is 48.2 Å². The number of nitrogens with zero attached hydrogens (tertiary/aromatic N) is 2. The molecule has 0 unspecified atom stereocenters. The summed E-state index contributed by atoms with van der Waals surface area (Å²) in [5.41, 5.74) is 1.13. The molecule has 2 rings (SSSR count). The Morgan fingerprint density at radius 3 is 1.26 bits per heavy atom. The lowest BCUT2D eigenvalue weighted by Crippen LogP contribution is -2.41. The molecule has 172 valence electrons. The molecule has 0 spiro atoms. The van der Waals surface area contributed by atoms with E-state index in [1.165, 1.54) is 48.5 Å². The van der Waals surface area contributed by atoms with Crippen LogP contribution in [0.3, 0.4) is 0 Å². The van der Waals surface area contributed by atoms with E-state index in [1.54, 1.807) is 13.8 Å². The molecule has 0 aliphatic rings. The molecule has 0 bridgehead atoms. The molecule has 31 heavy (non-hydrogen) atoms. The van der Waals surface area contributed by atoms with Crippen molar-refractivity contribution in [2.75, 3.05) is 18.2 Å². The Hall–Kier alpha value is -1.88. The Balaban J connectivity index is 2.23. The average Bonchev–Trinajstić information content (AvgIpc) is 2.69. The molecule has 0 saturated heterocycles. The lowest BCUT2D eigenvalue weighted by Gasteiger charge is -2.25. The zero-order valence-corrected chi connectivity index (χ0v) is 19.3. The largest absolute Gasteiger partial charge is 0.230 e. The lowest BCUT2D eigenvalue weighted by molar-refractivity contribution is 0.397. The van der Waals surface area contributed by atoms with Crippen LogP contribution in [0.1, 0.15) is 37.8 Å². The Morgan fingerprint density at radius 2 is 0.968 bits per heavy atom. The minimum Gasteiger partial charge on any atom is -0.211 e. The van der Waals surface area contributed by atoms with Gasteiger partial charge in [0.1, 0.15) is 11.6 Å². The van der Waals surface area contributed by atoms with Gasteiger partial charge in [-0.2, -0.15) is 8.61 Å². The smallest absolute Gasteiger partial charge is 0.211 e. The van der Waals surface area contributed by atoms with Crippen LogP contribution in [0.25, 0.3) is 0 Å². The molecule has 0 fully saturated rings. The SMILES string of the molecule is CCCN(Cc1ccc(F)cc1)S(=O)(=O)CS(=O)(=O)N(CCC)Cc1ccc(F)cc1. The third kappa shape index (κ3) is 7.64. The summed E-state index contributed by atoms with van der Waals surface area (Å²) in [6.07, 6.45) is 0.990. The number of sulfonamides is 2. The maximum atomic E-state index is 13.2. The van der Waals surface area contributed by atoms with Gasteiger partial charge in [0.2, 0.25) is 20.0 Å². The maximum absolute atomic E-state index is 13.2. The standard InChI is InChI=1S/C21H28F2N2O4S2/c1-3-13-24(15-18-5-9-20(22)10-6-18)30(26,27)17-31(28,29)25(14-4-2)16-19-7-11-21(23)12-8-19/h5-12H,3-4,13-17H2,1-2H3. The zero-order valence-electron chi connectivity index (χ0n) is 17.7. The number of benzene rings is 2. The predicted octanol–water partition coefficient (Wildman–Crippen LogP) is 3.71. The van der Waals surface area contributed by atoms with Crippen molar-refractivity contribution in [1.29, 1.82) is 0 Å². The summed E-state index contributed by atoms with van der Waals surface area (Å²) in [7, 11) is -8.33. The van der Waals surface area contributed by atoms with E-state index in [0.717, 1.165) is 8.61 Å². The van der Waals surface area contributed by atoms with Crippen LogP contribution >= 0.6 is 0 Å². The van der Waals surface area contributed by atoms with Gasteiger partial charge in [0.15, 0.2) is 5.08 Å². The van der Waals surface area contributed by atoms with Gasteiger partial charge in [-0.1, -0.05) is 38.1 Å². The Bertz CT molecular complexity index is 956. The highest BCUT2D eigenvalue weighted by molar-refractivity contribution is 8.05. The fourth-order valence-corrected chi connectivity index (χ4v) is 7.37. The van der Waals surface area contributed by atoms with E-state index in [0.29, 0.717) is 24.0 Å². The van der Waals surface area contributed by atoms with Crippen molar-refractivity contribution in [1.82, 2.24) is 8.61 Å². The second kappa shape index (κ2) is 11.1. The Morgan fingerprint density at radius 1 is 0.645 bits per heavy atom. The van der Waals surface area contributed by atoms with Crippen LogP contribution in [0.15, 0.2) is 48.5 Å². The van der Waals surface area contributed by atoms with Crippen LogP contribution in [0.5, 0.6) is 0 Å². The van der Waals surface area contributed by atoms with Crippen LogP contribution in [-0.2, 0) is 33.1 Å². The topological polar surface area (TPSA) is 74.8 Å². The van der Waals surface area contributed by atoms with Gasteiger partial charge < -0.3 is 0 Å². The Kier molecular flexibility index (Phi) is 9.11. The Labute approximate surface area is 183 Å². The average molecular weight is 475 g/mol. The normalized spacial score (nSPS) is 12.6. The van der Waals surface area contributed by atoms with Gasteiger partial charge >= 0.3 is 0 Å². The van der Waals surface area contributed by atoms with Gasteiger partial charge in [0.25, 0.3) is 0 Å². The first kappa shape index (κ1) is 25.4. The second-order valence-electron chi connectivity index (χ2n) is 7.26. The highest BCUT2D eigenvalue weighted by atomic mass is 32.3. The summed E-state index contributed by atoms with van der Waals surface area (Å²) in [5, 5.41) is -1.07. The summed E-state index contributed by atoms with van der Waals surface area (Å²) < 4.78 is 80.6. The van der Waals surface area contributed by atoms with Crippen LogP contribution in [-0.4, -0.2) is 43.6 Å². The second-order valence-corrected chi connectivity index (χ2v) is 11.6. The summed E-state index contributed by atoms with van der Waals surface area (Å²) in [5.74, 6) is -0.876. The van der Waals surface area contributed by atoms with Crippen molar-refractivity contribution in [2.24, 2.45) is 0 Å². The van der Waals surface area contributed by atoms with Crippen LogP contribution in [0.2, 0.25) is 0 Å². The van der Waals surface area contributed by atoms with Crippen LogP contribution in [0, 0.1) is 11.6 Å². The van der Waals surface area contributed by atoms with E-state index in [1.807, 2.05) is 0 Å². The molecule has 0 radical (unpaired) electrons. The van der Waals surface area contributed by atoms with Crippen molar-refractivity contribution in [3.63, 3.8) is 0 Å². The monoisotopic (exact) mass is 474 g/mol. The molecule has 2 aromatic rings. The molecule has 10 heteroatoms. The van der Waals surface area contributed by atoms with Crippen LogP contribution in [0.4, 0.5) is 8.78 Å². The quantitative estimate of drug-likeness (QED) is 0.470. The lowest BCUT2D eigenvalue weighted by atomic mass is 10.2. The molecular weight excluding hydrogens is 446 g/mol. The van der Waals surface area contributed by atoms with E-state index in [9.17, 15) is 25.6 Å². The van der Waals surface area contributed by atoms with Gasteiger partial charge in [-0.25, -0.2) is 25.6 Å². The maximum Gasteiger partial charge on any atom is 0.230 e. The van der Waals surface area contributed by atoms with E-state index in [-0.39, 0.29) is 26.2 Å². The third-order valence-electron chi connectivity index (χ3n) is 4.58. The number of rotatable bonds is 12. The minimum absolute atomic E-state index is 0.0439. The van der Waals surface area contributed by atoms with Gasteiger partial charge in [-0.15, -0.1) is 0 Å². The fraction of sp³-hybridized carbons (Fsp3) is 0.429. The number of halogens is 2. The first-order valence-corrected chi connectivity index (χ1v) is 13.2. The molecule has 0 heterocycles. The van der Waals surface area contributed by atoms with E-state index >= 15 is 0 Å². The molecule has 2 aromatic carbocycles. The molecule has 0 aliphatic heterocycles. The summed E-state index contributed by atoms with van der Waals surface area (Å²) in [6.45, 7) is 3.77. The summed E-state index contributed by atoms with van der Waals surface area (Å²) >= 11 is 0. The van der Waals surface area contributed by atoms with Crippen molar-refractivity contribution in [2.45, 2.75) is 39.8 Å². The predicted molar refractivity (Wildman–Crippen MR) is 117 cm³/mol. The van der Waals surface area contributed by atoms with Gasteiger partial charge in [0, 0.05) is 26.2 Å². The molecule has 0 N–H and O–H groups in total. The highest BCUT2D eigenvalue weighted by Gasteiger charge is 2.32. The van der Waals surface area contributed by atoms with E-state index in [4.69, 9.17) is 0 Å². The fourth-order valence-electron chi connectivity index (χ4n) is 3.06. The molecule has 6 nitrogen and oxygen atoms in total. The van der Waals surface area contributed by atoms with E-state index in [2.05, 4.69) is 0 Å². The molecule has 0 atom stereocenters. The highest BCUT2D eigenvalue weighted by Crippen LogP contribution is 2.18. The van der Waals surface area contributed by atoms with Crippen molar-refractivity contribution in [3.8, 4) is 0 Å². The van der Waals surface area contributed by atoms with Crippen LogP contribution < -0.4 is 0 Å². The minimum atomic E-state index is -4.16. The molecule has 0 amide bonds. The number of hydrogen-bond donors (Lipinski definition) is 0. The molecule has 0 saturated carbocycles. The molecule has 0 aliphatic carbocycles. The zero-order chi connectivity index (χ0) is 23.1. The summed E-state index contributed by atoms with van der Waals surface area (Å²) in [4.78, 5) is 0. The first-order chi connectivity index (χ1) is 14.6. The number of hydrogen-bond acceptors (Lipinski definition) is 4. The van der Waals surface area contributed by atoms with Crippen molar-refractivity contribution >= 4 is 20.0 Å². The van der Waals surface area contributed by atoms with Gasteiger partial charge in [-0.3, -0.25) is 0 Å². The van der Waals surface area contributed by atoms with Gasteiger partial charge in [0.05, 0.1) is 0 Å².